The molecule has 514 valence electrons. The summed E-state index contributed by atoms with van der Waals surface area (Å²) < 4.78 is 0. The number of allylic oxidation sites excluding steroid dienone is 1. The number of primary amides is 1. The number of hydrogen-bond acceptors (Lipinski definition) is 15. The minimum absolute atomic E-state index is 0.0217. The Hall–Kier alpha value is -10.6. The van der Waals surface area contributed by atoms with Crippen molar-refractivity contribution in [1.82, 2.24) is 72.3 Å². The van der Waals surface area contributed by atoms with Gasteiger partial charge in [-0.2, -0.15) is 0 Å². The molecular formula is C65H86N18O13. The Morgan fingerprint density at radius 2 is 1.38 bits per heavy atom. The molecule has 5 heterocycles. The number of aromatic amines is 3. The van der Waals surface area contributed by atoms with Gasteiger partial charge in [0.25, 0.3) is 0 Å². The fraction of sp³-hybridized carbons (Fsp3) is 0.462. The molecule has 2 aromatic carbocycles. The van der Waals surface area contributed by atoms with Crippen molar-refractivity contribution >= 4 is 87.9 Å². The summed E-state index contributed by atoms with van der Waals surface area (Å²) in [6.45, 7) is 2.40. The van der Waals surface area contributed by atoms with E-state index >= 15 is 14.4 Å². The molecule has 96 heavy (non-hydrogen) atoms. The van der Waals surface area contributed by atoms with Gasteiger partial charge in [0.1, 0.15) is 60.1 Å². The number of nitrogens with zero attached hydrogens (tertiary/aromatic N) is 4. The van der Waals surface area contributed by atoms with Crippen LogP contribution >= 0.6 is 0 Å². The number of nitrogens with two attached hydrogens (primary N) is 3. The van der Waals surface area contributed by atoms with Crippen molar-refractivity contribution in [2.24, 2.45) is 28.1 Å². The number of likely N-dealkylation sites (tertiary alicyclic amines) is 1. The molecule has 0 radical (unpaired) electrons. The molecule has 0 spiro atoms. The largest absolute Gasteiger partial charge is 0.508 e. The van der Waals surface area contributed by atoms with E-state index in [9.17, 15) is 48.6 Å². The molecule has 2 saturated heterocycles. The number of fused-ring (bicyclic) bond motifs is 2. The fourth-order valence-corrected chi connectivity index (χ4v) is 12.1. The van der Waals surface area contributed by atoms with Gasteiger partial charge in [0.05, 0.1) is 19.5 Å². The standard InChI is InChI=1S/C65H86N18O13/c1-35(2)24-50(63(95)82(3)53(14-8-22-70-65(67)68)64(96)83-23-9-15-52(83)62(94)73-32-54(66)86)80-58(90)47(26-37-29-71-43-12-6-4-10-41(37)43)77-57(89)46(25-36-16-18-40(85)19-17-36)76-61(93)51(33-84)81-59(91)48(27-38-30-72-44-13-7-5-11-42(38)44)78-60(92)49(28-39-31-69-34-74-39)79-56(88)45-20-21-55(87)75-45/h5-7,11-13,16-19,29-31,34-35,45-53,71-72,84-85H,4,8-10,14-15,20-28,32-33H2,1-3H3,(H2,66,86)(H,69,74)(H,73,94)(H,75,87)(H,76,93)(H,77,89)(H,78,92)(H,79,88)(H,80,90)(H,81,91)(H4,67,68,70)/t45-,46-,47+,48-,49-,50-,51-,52-,53-/m0/s1. The number of aliphatic hydroxyl groups is 1. The summed E-state index contributed by atoms with van der Waals surface area (Å²) in [4.78, 5) is 174. The SMILES string of the molecule is CC(C)C[C@H](NC(=O)[C@@H](Cc1c[nH]c2c1CCC=C2)NC(=O)[C@H](Cc1ccc(O)cc1)NC(=O)[C@H](CO)NC(=O)[C@H](Cc1c[nH]c2ccccc12)NC(=O)[C@H](Cc1cnc[nH]1)NC(=O)[C@@H]1CCC(=O)N1)C(=O)N(C)[C@@H](CCCN=C(N)N)C(=O)N1CCC[C@H]1C(=O)NCC(N)=O. The Bertz CT molecular complexity index is 3670. The number of aliphatic imine (C=N–C) groups is 1. The number of carbonyl (C=O) groups is 11. The summed E-state index contributed by atoms with van der Waals surface area (Å²) in [7, 11) is 1.41. The quantitative estimate of drug-likeness (QED) is 0.0121. The van der Waals surface area contributed by atoms with Crippen molar-refractivity contribution in [3.05, 3.63) is 113 Å². The Balaban J connectivity index is 1.06. The van der Waals surface area contributed by atoms with E-state index in [4.69, 9.17) is 17.2 Å². The molecule has 0 saturated carbocycles. The lowest BCUT2D eigenvalue weighted by atomic mass is 9.95. The van der Waals surface area contributed by atoms with Crippen LogP contribution in [0.4, 0.5) is 0 Å². The van der Waals surface area contributed by atoms with Gasteiger partial charge in [0, 0.05) is 93.1 Å². The number of amides is 11. The van der Waals surface area contributed by atoms with Crippen molar-refractivity contribution < 1.29 is 63.0 Å². The summed E-state index contributed by atoms with van der Waals surface area (Å²) >= 11 is 0. The molecule has 0 unspecified atom stereocenters. The van der Waals surface area contributed by atoms with Gasteiger partial charge in [-0.25, -0.2) is 4.98 Å². The van der Waals surface area contributed by atoms with E-state index in [0.717, 1.165) is 11.3 Å². The Labute approximate surface area is 553 Å². The van der Waals surface area contributed by atoms with Gasteiger partial charge in [-0.15, -0.1) is 0 Å². The number of carbonyl (C=O) groups excluding carboxylic acids is 11. The second kappa shape index (κ2) is 33.5. The van der Waals surface area contributed by atoms with Crippen LogP contribution < -0.4 is 59.7 Å². The summed E-state index contributed by atoms with van der Waals surface area (Å²) in [5.41, 5.74) is 21.0. The maximum Gasteiger partial charge on any atom is 0.246 e. The number of imidazole rings is 1. The highest BCUT2D eigenvalue weighted by atomic mass is 16.3. The van der Waals surface area contributed by atoms with E-state index in [2.05, 4.69) is 67.5 Å². The number of phenolic OH excluding ortho intramolecular Hbond substituents is 1. The number of likely N-dealkylation sites (N-methyl/N-ethyl adjacent to an activating group) is 1. The molecule has 8 rings (SSSR count). The number of rotatable bonds is 33. The Kier molecular flexibility index (Phi) is 24.9. The van der Waals surface area contributed by atoms with Gasteiger partial charge in [0.15, 0.2) is 5.96 Å². The van der Waals surface area contributed by atoms with Crippen molar-refractivity contribution in [3.8, 4) is 5.75 Å². The van der Waals surface area contributed by atoms with Crippen LogP contribution in [0.2, 0.25) is 0 Å². The number of para-hydroxylation sites is 1. The second-order valence-electron chi connectivity index (χ2n) is 24.7. The van der Waals surface area contributed by atoms with Crippen molar-refractivity contribution in [3.63, 3.8) is 0 Å². The third-order valence-corrected chi connectivity index (χ3v) is 17.1. The van der Waals surface area contributed by atoms with Crippen LogP contribution in [0.5, 0.6) is 5.75 Å². The molecule has 0 bridgehead atoms. The zero-order valence-electron chi connectivity index (χ0n) is 53.8. The molecular weight excluding hydrogens is 1240 g/mol. The summed E-state index contributed by atoms with van der Waals surface area (Å²) in [5, 5.41) is 43.3. The van der Waals surface area contributed by atoms with E-state index in [-0.39, 0.29) is 101 Å². The van der Waals surface area contributed by atoms with E-state index < -0.39 is 127 Å². The Morgan fingerprint density at radius 1 is 0.740 bits per heavy atom. The molecule has 2 aliphatic heterocycles. The van der Waals surface area contributed by atoms with Crippen LogP contribution in [0.1, 0.15) is 98.9 Å². The molecule has 31 nitrogen and oxygen atoms in total. The topological polar surface area (TPSA) is 482 Å². The smallest absolute Gasteiger partial charge is 0.246 e. The average Bonchev–Trinajstić information content (AvgIpc) is 1.42. The molecule has 3 aliphatic rings. The first kappa shape index (κ1) is 71.3. The first-order valence-corrected chi connectivity index (χ1v) is 32.0. The van der Waals surface area contributed by atoms with E-state index in [0.29, 0.717) is 52.5 Å². The lowest BCUT2D eigenvalue weighted by Crippen LogP contribution is -2.61. The van der Waals surface area contributed by atoms with Gasteiger partial charge >= 0.3 is 0 Å². The zero-order chi connectivity index (χ0) is 69.2. The number of guanidine groups is 1. The fourth-order valence-electron chi connectivity index (χ4n) is 12.1. The number of nitrogens with one attached hydrogen (secondary N) is 11. The first-order valence-electron chi connectivity index (χ1n) is 32.0. The molecule has 3 aromatic heterocycles. The van der Waals surface area contributed by atoms with Crippen LogP contribution in [0.25, 0.3) is 17.0 Å². The predicted octanol–water partition coefficient (Wildman–Crippen LogP) is -2.15. The van der Waals surface area contributed by atoms with Gasteiger partial charge in [0.2, 0.25) is 65.0 Å². The first-order chi connectivity index (χ1) is 46.0. The van der Waals surface area contributed by atoms with E-state index in [1.807, 2.05) is 32.1 Å². The number of phenols is 1. The second-order valence-corrected chi connectivity index (χ2v) is 24.7. The monoisotopic (exact) mass is 1330 g/mol. The maximum absolute atomic E-state index is 15.2. The number of H-pyrrole nitrogens is 3. The van der Waals surface area contributed by atoms with Crippen LogP contribution in [0.3, 0.4) is 0 Å². The van der Waals surface area contributed by atoms with E-state index in [1.54, 1.807) is 30.6 Å². The number of hydrogen-bond donors (Lipinski definition) is 16. The summed E-state index contributed by atoms with van der Waals surface area (Å²) in [6.07, 6.45) is 11.9. The van der Waals surface area contributed by atoms with Gasteiger partial charge < -0.3 is 94.7 Å². The molecule has 31 heteroatoms. The van der Waals surface area contributed by atoms with Gasteiger partial charge in [-0.1, -0.05) is 50.3 Å². The summed E-state index contributed by atoms with van der Waals surface area (Å²) in [6, 6.07) is 0.813. The number of benzene rings is 2. The Morgan fingerprint density at radius 3 is 2.01 bits per heavy atom. The zero-order valence-corrected chi connectivity index (χ0v) is 53.8. The number of aromatic hydroxyl groups is 1. The lowest BCUT2D eigenvalue weighted by Gasteiger charge is -2.35. The van der Waals surface area contributed by atoms with Crippen LogP contribution in [0, 0.1) is 5.92 Å². The van der Waals surface area contributed by atoms with E-state index in [1.165, 1.54) is 53.6 Å². The molecule has 11 amide bonds. The number of aliphatic hydroxyl groups excluding tert-OH is 1. The van der Waals surface area contributed by atoms with Crippen LogP contribution in [-0.2, 0) is 84.8 Å². The third-order valence-electron chi connectivity index (χ3n) is 17.1. The van der Waals surface area contributed by atoms with Crippen LogP contribution in [0.15, 0.2) is 84.5 Å². The third kappa shape index (κ3) is 19.3. The average molecular weight is 1330 g/mol. The highest BCUT2D eigenvalue weighted by Crippen LogP contribution is 2.26. The van der Waals surface area contributed by atoms with Crippen molar-refractivity contribution in [2.45, 2.75) is 152 Å². The van der Waals surface area contributed by atoms with Gasteiger partial charge in [-0.05, 0) is 104 Å². The highest BCUT2D eigenvalue weighted by Gasteiger charge is 2.42. The van der Waals surface area contributed by atoms with Gasteiger partial charge in [-0.3, -0.25) is 57.7 Å². The van der Waals surface area contributed by atoms with Crippen LogP contribution in [-0.4, -0.2) is 199 Å². The highest BCUT2D eigenvalue weighted by molar-refractivity contribution is 6.00. The molecule has 2 fully saturated rings. The normalized spacial score (nSPS) is 17.1. The number of aromatic nitrogens is 4. The van der Waals surface area contributed by atoms with Crippen molar-refractivity contribution in [2.75, 3.05) is 33.3 Å². The van der Waals surface area contributed by atoms with Crippen molar-refractivity contribution in [1.29, 1.82) is 0 Å². The molecule has 5 aromatic rings. The predicted molar refractivity (Wildman–Crippen MR) is 351 cm³/mol. The summed E-state index contributed by atoms with van der Waals surface area (Å²) in [5.74, 6) is -8.78. The minimum atomic E-state index is -1.79. The molecule has 9 atom stereocenters. The molecule has 19 N–H and O–H groups in total. The molecule has 1 aliphatic carbocycles. The minimum Gasteiger partial charge on any atom is -0.508 e. The maximum atomic E-state index is 15.2. The lowest BCUT2D eigenvalue weighted by molar-refractivity contribution is -0.149.